The summed E-state index contributed by atoms with van der Waals surface area (Å²) in [6, 6.07) is 20.8. The molecular formula is C31H29F3N6O2S. The molecule has 3 aromatic carbocycles. The summed E-state index contributed by atoms with van der Waals surface area (Å²) in [5.41, 5.74) is 5.55. The Bertz CT molecular complexity index is 1770. The molecule has 0 bridgehead atoms. The van der Waals surface area contributed by atoms with E-state index in [1.807, 2.05) is 72.3 Å². The number of halogens is 3. The van der Waals surface area contributed by atoms with Crippen LogP contribution in [0.25, 0.3) is 22.8 Å². The van der Waals surface area contributed by atoms with Gasteiger partial charge in [-0.2, -0.15) is 4.99 Å². The number of aryl methyl sites for hydroxylation is 2. The molecule has 0 saturated carbocycles. The lowest BCUT2D eigenvalue weighted by molar-refractivity contribution is -0.274. The average Bonchev–Trinajstić information content (AvgIpc) is 3.59. The first kappa shape index (κ1) is 29.8. The second-order valence-corrected chi connectivity index (χ2v) is 11.0. The number of hydrogen-bond acceptors (Lipinski definition) is 5. The molecule has 43 heavy (non-hydrogen) atoms. The third-order valence-corrected chi connectivity index (χ3v) is 7.60. The minimum Gasteiger partial charge on any atom is -0.406 e. The van der Waals surface area contributed by atoms with Crippen LogP contribution in [0.4, 0.5) is 18.0 Å². The van der Waals surface area contributed by atoms with Gasteiger partial charge in [0.15, 0.2) is 10.6 Å². The Morgan fingerprint density at radius 2 is 1.77 bits per heavy atom. The van der Waals surface area contributed by atoms with Crippen molar-refractivity contribution in [3.8, 4) is 28.5 Å². The third kappa shape index (κ3) is 7.58. The summed E-state index contributed by atoms with van der Waals surface area (Å²) in [5.74, 6) is 0.343. The molecule has 5 rings (SSSR count). The highest BCUT2D eigenvalue weighted by Gasteiger charge is 2.31. The van der Waals surface area contributed by atoms with Crippen molar-refractivity contribution in [2.75, 3.05) is 6.54 Å². The molecule has 0 radical (unpaired) electrons. The maximum absolute atomic E-state index is 12.7. The third-order valence-electron chi connectivity index (χ3n) is 6.66. The van der Waals surface area contributed by atoms with Gasteiger partial charge in [-0.25, -0.2) is 14.5 Å². The van der Waals surface area contributed by atoms with Gasteiger partial charge in [-0.15, -0.1) is 29.6 Å². The van der Waals surface area contributed by atoms with E-state index in [0.717, 1.165) is 34.5 Å². The van der Waals surface area contributed by atoms with Crippen molar-refractivity contribution in [2.24, 2.45) is 10.9 Å². The number of alkyl halides is 3. The maximum Gasteiger partial charge on any atom is 0.573 e. The van der Waals surface area contributed by atoms with Crippen LogP contribution in [-0.2, 0) is 6.42 Å². The van der Waals surface area contributed by atoms with Gasteiger partial charge in [0.2, 0.25) is 0 Å². The van der Waals surface area contributed by atoms with E-state index in [9.17, 15) is 18.0 Å². The number of rotatable bonds is 8. The predicted molar refractivity (Wildman–Crippen MR) is 158 cm³/mol. The van der Waals surface area contributed by atoms with Gasteiger partial charge < -0.3 is 10.1 Å². The van der Waals surface area contributed by atoms with Crippen molar-refractivity contribution in [3.63, 3.8) is 0 Å². The number of para-hydroxylation sites is 1. The quantitative estimate of drug-likeness (QED) is 0.211. The van der Waals surface area contributed by atoms with Crippen LogP contribution >= 0.6 is 11.3 Å². The normalized spacial score (nSPS) is 12.7. The number of carbonyl (C=O) groups excluding carboxylic acids is 1. The highest BCUT2D eigenvalue weighted by molar-refractivity contribution is 7.07. The smallest absolute Gasteiger partial charge is 0.406 e. The Kier molecular flexibility index (Phi) is 8.76. The van der Waals surface area contributed by atoms with E-state index in [-0.39, 0.29) is 17.7 Å². The standard InChI is InChI=1S/C31H29F3N6O2S/c1-20(17-35-29(41)37-30-40(22(3)18-43-30)27-7-5-4-6-21(27)2)16-23-8-10-24(11-9-23)28-36-19-39(38-28)25-12-14-26(15-13-25)42-31(32,33)34/h4-15,18-20H,16-17H2,1-3H3,(H,35,41). The van der Waals surface area contributed by atoms with Crippen LogP contribution in [0.15, 0.2) is 89.5 Å². The number of aromatic nitrogens is 4. The summed E-state index contributed by atoms with van der Waals surface area (Å²) in [6.45, 7) is 6.56. The van der Waals surface area contributed by atoms with E-state index < -0.39 is 6.36 Å². The van der Waals surface area contributed by atoms with E-state index >= 15 is 0 Å². The number of benzene rings is 3. The van der Waals surface area contributed by atoms with Gasteiger partial charge in [0.05, 0.1) is 11.4 Å². The number of urea groups is 1. The summed E-state index contributed by atoms with van der Waals surface area (Å²) >= 11 is 1.43. The zero-order chi connectivity index (χ0) is 30.6. The van der Waals surface area contributed by atoms with Crippen molar-refractivity contribution >= 4 is 17.4 Å². The van der Waals surface area contributed by atoms with Crippen molar-refractivity contribution in [1.82, 2.24) is 24.6 Å². The molecule has 2 heterocycles. The molecule has 0 saturated heterocycles. The number of carbonyl (C=O) groups is 1. The monoisotopic (exact) mass is 606 g/mol. The van der Waals surface area contributed by atoms with E-state index in [0.29, 0.717) is 22.9 Å². The van der Waals surface area contributed by atoms with Crippen LogP contribution in [0.1, 0.15) is 23.7 Å². The second-order valence-electron chi connectivity index (χ2n) is 10.1. The van der Waals surface area contributed by atoms with Gasteiger partial charge in [-0.05, 0) is 67.6 Å². The van der Waals surface area contributed by atoms with Crippen LogP contribution in [0.2, 0.25) is 0 Å². The maximum atomic E-state index is 12.7. The molecule has 0 aliphatic rings. The molecule has 1 atom stereocenters. The Labute approximate surface area is 250 Å². The fourth-order valence-electron chi connectivity index (χ4n) is 4.55. The number of nitrogens with zero attached hydrogens (tertiary/aromatic N) is 5. The second kappa shape index (κ2) is 12.7. The molecule has 1 N–H and O–H groups in total. The van der Waals surface area contributed by atoms with E-state index in [1.54, 1.807) is 0 Å². The Morgan fingerprint density at radius 1 is 1.05 bits per heavy atom. The van der Waals surface area contributed by atoms with Crippen LogP contribution in [0, 0.1) is 19.8 Å². The van der Waals surface area contributed by atoms with Gasteiger partial charge in [0.1, 0.15) is 12.1 Å². The van der Waals surface area contributed by atoms with Crippen molar-refractivity contribution in [3.05, 3.63) is 106 Å². The minimum absolute atomic E-state index is 0.167. The molecule has 1 unspecified atom stereocenters. The lowest BCUT2D eigenvalue weighted by Crippen LogP contribution is -2.29. The van der Waals surface area contributed by atoms with Gasteiger partial charge in [0, 0.05) is 23.2 Å². The highest BCUT2D eigenvalue weighted by Crippen LogP contribution is 2.24. The molecule has 12 heteroatoms. The first-order chi connectivity index (χ1) is 20.6. The fourth-order valence-corrected chi connectivity index (χ4v) is 5.42. The summed E-state index contributed by atoms with van der Waals surface area (Å²) in [7, 11) is 0. The first-order valence-corrected chi connectivity index (χ1v) is 14.4. The molecule has 8 nitrogen and oxygen atoms in total. The molecule has 0 fully saturated rings. The summed E-state index contributed by atoms with van der Waals surface area (Å²) in [4.78, 5) is 22.0. The SMILES string of the molecule is Cc1ccccc1-n1c(C)csc1=NC(=O)NCC(C)Cc1ccc(-c2ncn(-c3ccc(OC(F)(F)F)cc3)n2)cc1. The molecule has 2 amide bonds. The van der Waals surface area contributed by atoms with Crippen molar-refractivity contribution in [2.45, 2.75) is 33.6 Å². The van der Waals surface area contributed by atoms with E-state index in [2.05, 4.69) is 32.1 Å². The number of ether oxygens (including phenoxy) is 1. The fraction of sp³-hybridized carbons (Fsp3) is 0.226. The zero-order valence-electron chi connectivity index (χ0n) is 23.7. The molecule has 2 aromatic heterocycles. The van der Waals surface area contributed by atoms with Crippen LogP contribution in [-0.4, -0.2) is 38.3 Å². The minimum atomic E-state index is -4.75. The highest BCUT2D eigenvalue weighted by atomic mass is 32.1. The van der Waals surface area contributed by atoms with E-state index in [4.69, 9.17) is 0 Å². The van der Waals surface area contributed by atoms with Crippen molar-refractivity contribution in [1.29, 1.82) is 0 Å². The summed E-state index contributed by atoms with van der Waals surface area (Å²) < 4.78 is 44.6. The Morgan fingerprint density at radius 3 is 2.47 bits per heavy atom. The number of nitrogens with one attached hydrogen (secondary N) is 1. The number of amides is 2. The van der Waals surface area contributed by atoms with Crippen molar-refractivity contribution < 1.29 is 22.7 Å². The van der Waals surface area contributed by atoms with Gasteiger partial charge in [-0.3, -0.25) is 4.57 Å². The number of thiazole rings is 1. The Balaban J connectivity index is 1.17. The molecule has 222 valence electrons. The predicted octanol–water partition coefficient (Wildman–Crippen LogP) is 6.79. The molecule has 0 aliphatic carbocycles. The molecule has 0 aliphatic heterocycles. The summed E-state index contributed by atoms with van der Waals surface area (Å²) in [6.07, 6.45) is -2.50. The first-order valence-electron chi connectivity index (χ1n) is 13.5. The largest absolute Gasteiger partial charge is 0.573 e. The van der Waals surface area contributed by atoms with Gasteiger partial charge in [-0.1, -0.05) is 49.4 Å². The average molecular weight is 607 g/mol. The lowest BCUT2D eigenvalue weighted by Gasteiger charge is -2.12. The van der Waals surface area contributed by atoms with Crippen LogP contribution < -0.4 is 14.9 Å². The molecule has 0 spiro atoms. The lowest BCUT2D eigenvalue weighted by atomic mass is 10.00. The van der Waals surface area contributed by atoms with Crippen LogP contribution in [0.5, 0.6) is 5.75 Å². The topological polar surface area (TPSA) is 86.3 Å². The number of hydrogen-bond donors (Lipinski definition) is 1. The van der Waals surface area contributed by atoms with Gasteiger partial charge >= 0.3 is 12.4 Å². The summed E-state index contributed by atoms with van der Waals surface area (Å²) in [5, 5.41) is 9.35. The van der Waals surface area contributed by atoms with Gasteiger partial charge in [0.25, 0.3) is 0 Å². The van der Waals surface area contributed by atoms with Crippen LogP contribution in [0.3, 0.4) is 0 Å². The Hall–Kier alpha value is -4.71. The molecular weight excluding hydrogens is 577 g/mol. The van der Waals surface area contributed by atoms with E-state index in [1.165, 1.54) is 46.6 Å². The zero-order valence-corrected chi connectivity index (χ0v) is 24.5. The molecule has 5 aromatic rings.